The number of anilines is 1. The molecule has 0 spiro atoms. The van der Waals surface area contributed by atoms with Gasteiger partial charge in [-0.1, -0.05) is 35.5 Å². The highest BCUT2D eigenvalue weighted by atomic mass is 16.6. The summed E-state index contributed by atoms with van der Waals surface area (Å²) in [7, 11) is 0. The van der Waals surface area contributed by atoms with Gasteiger partial charge in [0.05, 0.1) is 5.71 Å². The Morgan fingerprint density at radius 1 is 1.16 bits per heavy atom. The van der Waals surface area contributed by atoms with Crippen molar-refractivity contribution in [2.75, 3.05) is 37.6 Å². The van der Waals surface area contributed by atoms with E-state index in [9.17, 15) is 4.79 Å². The molecule has 0 unspecified atom stereocenters. The molecule has 2 aliphatic heterocycles. The fourth-order valence-electron chi connectivity index (χ4n) is 3.33. The van der Waals surface area contributed by atoms with E-state index in [4.69, 9.17) is 4.84 Å². The Balaban J connectivity index is 1.29. The van der Waals surface area contributed by atoms with Crippen LogP contribution in [0.1, 0.15) is 12.0 Å². The molecule has 4 rings (SSSR count). The van der Waals surface area contributed by atoms with Crippen LogP contribution in [0.4, 0.5) is 5.82 Å². The van der Waals surface area contributed by atoms with Crippen molar-refractivity contribution in [3.63, 3.8) is 0 Å². The SMILES string of the molecule is O=c1[nH]ccnc1N1CCN(C[C@@H]2CC(c3ccccc3)=NO2)CC1. The number of oxime groups is 1. The number of H-pyrrole nitrogens is 1. The van der Waals surface area contributed by atoms with Crippen molar-refractivity contribution in [1.82, 2.24) is 14.9 Å². The lowest BCUT2D eigenvalue weighted by Crippen LogP contribution is -2.50. The number of nitrogens with one attached hydrogen (secondary N) is 1. The van der Waals surface area contributed by atoms with Gasteiger partial charge in [0.2, 0.25) is 0 Å². The van der Waals surface area contributed by atoms with Crippen LogP contribution in [-0.4, -0.2) is 59.4 Å². The Hall–Kier alpha value is -2.67. The second kappa shape index (κ2) is 7.06. The molecular weight excluding hydrogens is 318 g/mol. The van der Waals surface area contributed by atoms with Crippen molar-refractivity contribution < 1.29 is 4.84 Å². The summed E-state index contributed by atoms with van der Waals surface area (Å²) in [6.07, 6.45) is 4.12. The maximum Gasteiger partial charge on any atom is 0.290 e. The molecule has 7 heteroatoms. The van der Waals surface area contributed by atoms with Crippen LogP contribution in [0, 0.1) is 0 Å². The lowest BCUT2D eigenvalue weighted by Gasteiger charge is -2.35. The summed E-state index contributed by atoms with van der Waals surface area (Å²) < 4.78 is 0. The summed E-state index contributed by atoms with van der Waals surface area (Å²) in [6.45, 7) is 4.21. The van der Waals surface area contributed by atoms with Crippen LogP contribution in [0.25, 0.3) is 0 Å². The molecule has 0 radical (unpaired) electrons. The monoisotopic (exact) mass is 339 g/mol. The topological polar surface area (TPSA) is 73.8 Å². The normalized spacial score (nSPS) is 21.0. The van der Waals surface area contributed by atoms with Gasteiger partial charge in [0, 0.05) is 51.5 Å². The lowest BCUT2D eigenvalue weighted by atomic mass is 10.0. The lowest BCUT2D eigenvalue weighted by molar-refractivity contribution is 0.0510. The fourth-order valence-corrected chi connectivity index (χ4v) is 3.33. The van der Waals surface area contributed by atoms with Gasteiger partial charge in [-0.3, -0.25) is 9.69 Å². The van der Waals surface area contributed by atoms with Crippen LogP contribution in [0.2, 0.25) is 0 Å². The third-order valence-electron chi connectivity index (χ3n) is 4.66. The van der Waals surface area contributed by atoms with Gasteiger partial charge in [-0.15, -0.1) is 0 Å². The second-order valence-electron chi connectivity index (χ2n) is 6.37. The maximum absolute atomic E-state index is 11.8. The predicted molar refractivity (Wildman–Crippen MR) is 96.0 cm³/mol. The minimum Gasteiger partial charge on any atom is -0.390 e. The van der Waals surface area contributed by atoms with E-state index >= 15 is 0 Å². The molecule has 0 saturated carbocycles. The first-order valence-electron chi connectivity index (χ1n) is 8.59. The molecule has 2 aromatic rings. The maximum atomic E-state index is 11.8. The van der Waals surface area contributed by atoms with Crippen molar-refractivity contribution >= 4 is 11.5 Å². The molecule has 2 aliphatic rings. The Morgan fingerprint density at radius 3 is 2.72 bits per heavy atom. The number of piperazine rings is 1. The number of rotatable bonds is 4. The van der Waals surface area contributed by atoms with E-state index in [1.165, 1.54) is 0 Å². The zero-order valence-corrected chi connectivity index (χ0v) is 14.0. The summed E-state index contributed by atoms with van der Waals surface area (Å²) in [6, 6.07) is 10.2. The minimum absolute atomic E-state index is 0.0972. The summed E-state index contributed by atoms with van der Waals surface area (Å²) in [5.74, 6) is 0.508. The molecule has 25 heavy (non-hydrogen) atoms. The summed E-state index contributed by atoms with van der Waals surface area (Å²) in [5, 5.41) is 4.25. The van der Waals surface area contributed by atoms with Crippen molar-refractivity contribution in [3.05, 3.63) is 58.6 Å². The van der Waals surface area contributed by atoms with Gasteiger partial charge in [-0.2, -0.15) is 0 Å². The van der Waals surface area contributed by atoms with E-state index in [2.05, 4.69) is 32.2 Å². The molecular formula is C18H21N5O2. The van der Waals surface area contributed by atoms with Gasteiger partial charge < -0.3 is 14.7 Å². The molecule has 1 N–H and O–H groups in total. The summed E-state index contributed by atoms with van der Waals surface area (Å²) in [5.41, 5.74) is 2.02. The third-order valence-corrected chi connectivity index (χ3v) is 4.66. The van der Waals surface area contributed by atoms with Gasteiger partial charge in [-0.25, -0.2) is 4.98 Å². The first-order valence-corrected chi connectivity index (χ1v) is 8.59. The fraction of sp³-hybridized carbons (Fsp3) is 0.389. The van der Waals surface area contributed by atoms with Crippen molar-refractivity contribution in [1.29, 1.82) is 0 Å². The van der Waals surface area contributed by atoms with Crippen LogP contribution < -0.4 is 10.5 Å². The van der Waals surface area contributed by atoms with Crippen molar-refractivity contribution in [2.24, 2.45) is 5.16 Å². The Labute approximate surface area is 145 Å². The number of hydrogen-bond donors (Lipinski definition) is 1. The van der Waals surface area contributed by atoms with Gasteiger partial charge in [0.1, 0.15) is 6.10 Å². The van der Waals surface area contributed by atoms with Gasteiger partial charge in [0.25, 0.3) is 5.56 Å². The minimum atomic E-state index is -0.129. The highest BCUT2D eigenvalue weighted by Crippen LogP contribution is 2.18. The Kier molecular flexibility index (Phi) is 4.47. The molecule has 1 fully saturated rings. The van der Waals surface area contributed by atoms with Crippen LogP contribution in [0.5, 0.6) is 0 Å². The average molecular weight is 339 g/mol. The van der Waals surface area contributed by atoms with E-state index in [-0.39, 0.29) is 11.7 Å². The van der Waals surface area contributed by atoms with E-state index in [1.807, 2.05) is 23.1 Å². The smallest absolute Gasteiger partial charge is 0.290 e. The molecule has 1 saturated heterocycles. The van der Waals surface area contributed by atoms with E-state index in [0.717, 1.165) is 50.4 Å². The number of aromatic amines is 1. The second-order valence-corrected chi connectivity index (χ2v) is 6.37. The molecule has 1 aromatic heterocycles. The van der Waals surface area contributed by atoms with Crippen molar-refractivity contribution in [2.45, 2.75) is 12.5 Å². The summed E-state index contributed by atoms with van der Waals surface area (Å²) >= 11 is 0. The number of hydrogen-bond acceptors (Lipinski definition) is 6. The highest BCUT2D eigenvalue weighted by molar-refractivity contribution is 6.01. The van der Waals surface area contributed by atoms with E-state index in [1.54, 1.807) is 12.4 Å². The highest BCUT2D eigenvalue weighted by Gasteiger charge is 2.27. The average Bonchev–Trinajstić information content (AvgIpc) is 3.12. The molecule has 3 heterocycles. The Morgan fingerprint density at radius 2 is 1.96 bits per heavy atom. The third kappa shape index (κ3) is 3.56. The molecule has 130 valence electrons. The van der Waals surface area contributed by atoms with Crippen LogP contribution in [0.3, 0.4) is 0 Å². The first-order chi connectivity index (χ1) is 12.3. The van der Waals surface area contributed by atoms with Gasteiger partial charge in [-0.05, 0) is 5.56 Å². The first kappa shape index (κ1) is 15.8. The van der Waals surface area contributed by atoms with Crippen LogP contribution >= 0.6 is 0 Å². The van der Waals surface area contributed by atoms with Crippen molar-refractivity contribution in [3.8, 4) is 0 Å². The molecule has 7 nitrogen and oxygen atoms in total. The standard InChI is InChI=1S/C18H21N5O2/c24-18-17(19-6-7-20-18)23-10-8-22(9-11-23)13-15-12-16(21-25-15)14-4-2-1-3-5-14/h1-7,15H,8-13H2,(H,20,24)/t15-/m0/s1. The number of aromatic nitrogens is 2. The Bertz CT molecular complexity index is 796. The zero-order valence-electron chi connectivity index (χ0n) is 14.0. The van der Waals surface area contributed by atoms with E-state index in [0.29, 0.717) is 5.82 Å². The molecule has 0 bridgehead atoms. The van der Waals surface area contributed by atoms with E-state index < -0.39 is 0 Å². The molecule has 0 amide bonds. The summed E-state index contributed by atoms with van der Waals surface area (Å²) in [4.78, 5) is 28.7. The molecule has 1 aromatic carbocycles. The number of benzene rings is 1. The molecule has 0 aliphatic carbocycles. The van der Waals surface area contributed by atoms with Gasteiger partial charge >= 0.3 is 0 Å². The number of nitrogens with zero attached hydrogens (tertiary/aromatic N) is 4. The zero-order chi connectivity index (χ0) is 17.1. The van der Waals surface area contributed by atoms with Crippen LogP contribution in [0.15, 0.2) is 52.7 Å². The van der Waals surface area contributed by atoms with Crippen LogP contribution in [-0.2, 0) is 4.84 Å². The molecule has 1 atom stereocenters. The predicted octanol–water partition coefficient (Wildman–Crippen LogP) is 1.09. The largest absolute Gasteiger partial charge is 0.390 e. The quantitative estimate of drug-likeness (QED) is 0.902. The van der Waals surface area contributed by atoms with Gasteiger partial charge in [0.15, 0.2) is 5.82 Å².